The first-order valence-electron chi connectivity index (χ1n) is 10.8. The van der Waals surface area contributed by atoms with E-state index in [2.05, 4.69) is 5.32 Å². The number of hydrogen-bond donors (Lipinski definition) is 1. The van der Waals surface area contributed by atoms with Crippen LogP contribution in [0.2, 0.25) is 0 Å². The van der Waals surface area contributed by atoms with Gasteiger partial charge in [0.1, 0.15) is 5.76 Å². The number of rotatable bonds is 9. The molecule has 1 aliphatic heterocycles. The van der Waals surface area contributed by atoms with Crippen molar-refractivity contribution in [3.8, 4) is 0 Å². The van der Waals surface area contributed by atoms with E-state index in [1.165, 1.54) is 0 Å². The Morgan fingerprint density at radius 3 is 2.78 bits per heavy atom. The van der Waals surface area contributed by atoms with E-state index in [0.717, 1.165) is 29.0 Å². The standard InChI is InChI=1S/C25H28N2O4S/c1-17(11-12-18-7-5-14-31-18)26-24(28)22-19-8-3-4-9-20(19)25(29)27(13-15-30-2)23(22)21-10-6-16-32-21/h3-10,14,16-17,22-23H,11-13,15H2,1-2H3,(H,26,28)/t17-,22-,23+/m0/s1. The highest BCUT2D eigenvalue weighted by atomic mass is 32.1. The lowest BCUT2D eigenvalue weighted by Crippen LogP contribution is -2.49. The summed E-state index contributed by atoms with van der Waals surface area (Å²) in [5, 5.41) is 5.17. The molecule has 0 radical (unpaired) electrons. The third kappa shape index (κ3) is 4.64. The monoisotopic (exact) mass is 452 g/mol. The van der Waals surface area contributed by atoms with Crippen molar-refractivity contribution in [3.63, 3.8) is 0 Å². The number of ether oxygens (including phenoxy) is 1. The molecule has 3 atom stereocenters. The maximum absolute atomic E-state index is 13.7. The molecule has 0 bridgehead atoms. The summed E-state index contributed by atoms with van der Waals surface area (Å²) in [7, 11) is 1.62. The predicted octanol–water partition coefficient (Wildman–Crippen LogP) is 4.41. The molecule has 0 unspecified atom stereocenters. The van der Waals surface area contributed by atoms with Gasteiger partial charge in [0.05, 0.1) is 24.8 Å². The molecule has 0 saturated carbocycles. The van der Waals surface area contributed by atoms with Gasteiger partial charge in [-0.3, -0.25) is 9.59 Å². The van der Waals surface area contributed by atoms with E-state index < -0.39 is 5.92 Å². The minimum atomic E-state index is -0.495. The van der Waals surface area contributed by atoms with Crippen LogP contribution in [0.5, 0.6) is 0 Å². The number of furan rings is 1. The van der Waals surface area contributed by atoms with Crippen molar-refractivity contribution < 1.29 is 18.7 Å². The van der Waals surface area contributed by atoms with Crippen LogP contribution in [-0.4, -0.2) is 43.0 Å². The Morgan fingerprint density at radius 1 is 1.22 bits per heavy atom. The Kier molecular flexibility index (Phi) is 7.07. The van der Waals surface area contributed by atoms with Crippen LogP contribution in [0.3, 0.4) is 0 Å². The van der Waals surface area contributed by atoms with Gasteiger partial charge in [-0.05, 0) is 48.6 Å². The van der Waals surface area contributed by atoms with E-state index in [4.69, 9.17) is 9.15 Å². The van der Waals surface area contributed by atoms with Crippen molar-refractivity contribution in [1.82, 2.24) is 10.2 Å². The summed E-state index contributed by atoms with van der Waals surface area (Å²) in [6.45, 7) is 2.83. The number of thiophene rings is 1. The van der Waals surface area contributed by atoms with Crippen LogP contribution in [-0.2, 0) is 16.0 Å². The second-order valence-corrected chi connectivity index (χ2v) is 9.02. The average molecular weight is 453 g/mol. The predicted molar refractivity (Wildman–Crippen MR) is 124 cm³/mol. The Labute approximate surface area is 192 Å². The molecule has 6 nitrogen and oxygen atoms in total. The molecule has 1 N–H and O–H groups in total. The van der Waals surface area contributed by atoms with Gasteiger partial charge in [-0.15, -0.1) is 11.3 Å². The number of hydrogen-bond acceptors (Lipinski definition) is 5. The topological polar surface area (TPSA) is 71.8 Å². The van der Waals surface area contributed by atoms with Crippen molar-refractivity contribution in [2.24, 2.45) is 0 Å². The Hall–Kier alpha value is -2.90. The number of fused-ring (bicyclic) bond motifs is 1. The quantitative estimate of drug-likeness (QED) is 0.522. The Morgan fingerprint density at radius 2 is 2.06 bits per heavy atom. The van der Waals surface area contributed by atoms with E-state index in [1.807, 2.05) is 60.8 Å². The van der Waals surface area contributed by atoms with Gasteiger partial charge in [0.15, 0.2) is 0 Å². The summed E-state index contributed by atoms with van der Waals surface area (Å²) in [4.78, 5) is 29.8. The van der Waals surface area contributed by atoms with E-state index in [-0.39, 0.29) is 23.9 Å². The zero-order chi connectivity index (χ0) is 22.5. The van der Waals surface area contributed by atoms with Crippen LogP contribution in [0, 0.1) is 0 Å². The first-order chi connectivity index (χ1) is 15.6. The van der Waals surface area contributed by atoms with Gasteiger partial charge < -0.3 is 19.4 Å². The molecule has 0 fully saturated rings. The van der Waals surface area contributed by atoms with E-state index in [0.29, 0.717) is 18.7 Å². The van der Waals surface area contributed by atoms with Gasteiger partial charge in [0, 0.05) is 36.6 Å². The number of benzene rings is 1. The van der Waals surface area contributed by atoms with Gasteiger partial charge >= 0.3 is 0 Å². The summed E-state index contributed by atoms with van der Waals surface area (Å²) in [6, 6.07) is 14.8. The molecule has 0 aliphatic carbocycles. The molecule has 1 aromatic carbocycles. The number of methoxy groups -OCH3 is 1. The van der Waals surface area contributed by atoms with Crippen LogP contribution in [0.15, 0.2) is 64.6 Å². The molecule has 7 heteroatoms. The maximum Gasteiger partial charge on any atom is 0.254 e. The summed E-state index contributed by atoms with van der Waals surface area (Å²) in [6.07, 6.45) is 3.18. The molecule has 4 rings (SSSR count). The largest absolute Gasteiger partial charge is 0.469 e. The normalized spacial score (nSPS) is 18.9. The molecular formula is C25H28N2O4S. The van der Waals surface area contributed by atoms with Crippen LogP contribution in [0.1, 0.15) is 51.9 Å². The molecular weight excluding hydrogens is 424 g/mol. The van der Waals surface area contributed by atoms with Crippen molar-refractivity contribution in [2.75, 3.05) is 20.3 Å². The maximum atomic E-state index is 13.7. The molecule has 3 aromatic rings. The number of aryl methyl sites for hydroxylation is 1. The molecule has 32 heavy (non-hydrogen) atoms. The molecule has 0 spiro atoms. The SMILES string of the molecule is COCCN1C(=O)c2ccccc2[C@H](C(=O)N[C@@H](C)CCc2ccco2)[C@H]1c1cccs1. The lowest BCUT2D eigenvalue weighted by molar-refractivity contribution is -0.125. The van der Waals surface area contributed by atoms with Crippen LogP contribution >= 0.6 is 11.3 Å². The van der Waals surface area contributed by atoms with Crippen LogP contribution < -0.4 is 5.32 Å². The second kappa shape index (κ2) is 10.1. The van der Waals surface area contributed by atoms with Crippen LogP contribution in [0.4, 0.5) is 0 Å². The zero-order valence-electron chi connectivity index (χ0n) is 18.3. The summed E-state index contributed by atoms with van der Waals surface area (Å²) in [5.41, 5.74) is 1.36. The van der Waals surface area contributed by atoms with Gasteiger partial charge in [-0.1, -0.05) is 24.3 Å². The number of nitrogens with one attached hydrogen (secondary N) is 1. The number of nitrogens with zero attached hydrogens (tertiary/aromatic N) is 1. The average Bonchev–Trinajstić information content (AvgIpc) is 3.51. The lowest BCUT2D eigenvalue weighted by Gasteiger charge is -2.41. The van der Waals surface area contributed by atoms with Crippen molar-refractivity contribution in [1.29, 1.82) is 0 Å². The molecule has 0 saturated heterocycles. The van der Waals surface area contributed by atoms with Gasteiger partial charge in [-0.2, -0.15) is 0 Å². The zero-order valence-corrected chi connectivity index (χ0v) is 19.1. The van der Waals surface area contributed by atoms with Crippen molar-refractivity contribution in [3.05, 3.63) is 81.9 Å². The van der Waals surface area contributed by atoms with Crippen molar-refractivity contribution >= 4 is 23.2 Å². The van der Waals surface area contributed by atoms with Gasteiger partial charge in [0.2, 0.25) is 5.91 Å². The summed E-state index contributed by atoms with van der Waals surface area (Å²) >= 11 is 1.56. The molecule has 168 valence electrons. The minimum absolute atomic E-state index is 0.0335. The lowest BCUT2D eigenvalue weighted by atomic mass is 9.81. The van der Waals surface area contributed by atoms with Gasteiger partial charge in [-0.25, -0.2) is 0 Å². The third-order valence-corrected chi connectivity index (χ3v) is 6.83. The third-order valence-electron chi connectivity index (χ3n) is 5.88. The smallest absolute Gasteiger partial charge is 0.254 e. The van der Waals surface area contributed by atoms with Gasteiger partial charge in [0.25, 0.3) is 5.91 Å². The molecule has 1 aliphatic rings. The Balaban J connectivity index is 1.63. The molecule has 3 heterocycles. The van der Waals surface area contributed by atoms with Crippen molar-refractivity contribution in [2.45, 2.75) is 37.8 Å². The second-order valence-electron chi connectivity index (χ2n) is 8.04. The highest BCUT2D eigenvalue weighted by Gasteiger charge is 2.44. The first kappa shape index (κ1) is 22.3. The summed E-state index contributed by atoms with van der Waals surface area (Å²) in [5.74, 6) is 0.274. The first-order valence-corrected chi connectivity index (χ1v) is 11.7. The highest BCUT2D eigenvalue weighted by molar-refractivity contribution is 7.10. The fourth-order valence-corrected chi connectivity index (χ4v) is 5.18. The minimum Gasteiger partial charge on any atom is -0.469 e. The van der Waals surface area contributed by atoms with E-state index in [1.54, 1.807) is 29.6 Å². The fraction of sp³-hybridized carbons (Fsp3) is 0.360. The fourth-order valence-electron chi connectivity index (χ4n) is 4.30. The summed E-state index contributed by atoms with van der Waals surface area (Å²) < 4.78 is 10.7. The molecule has 2 amide bonds. The number of carbonyl (C=O) groups is 2. The number of carbonyl (C=O) groups excluding carboxylic acids is 2. The van der Waals surface area contributed by atoms with Crippen LogP contribution in [0.25, 0.3) is 0 Å². The van der Waals surface area contributed by atoms with E-state index >= 15 is 0 Å². The Bertz CT molecular complexity index is 1030. The molecule has 2 aromatic heterocycles. The van der Waals surface area contributed by atoms with E-state index in [9.17, 15) is 9.59 Å². The number of amides is 2. The highest BCUT2D eigenvalue weighted by Crippen LogP contribution is 2.44.